The van der Waals surface area contributed by atoms with Crippen molar-refractivity contribution < 1.29 is 19.1 Å². The smallest absolute Gasteiger partial charge is 0.324 e. The van der Waals surface area contributed by atoms with Gasteiger partial charge in [-0.25, -0.2) is 0 Å². The van der Waals surface area contributed by atoms with Crippen molar-refractivity contribution in [1.82, 2.24) is 0 Å². The molecule has 1 aliphatic heterocycles. The van der Waals surface area contributed by atoms with Crippen molar-refractivity contribution in [3.8, 4) is 0 Å². The molecule has 1 atom stereocenters. The molecule has 0 amide bonds. The number of carbonyl (C=O) groups is 2. The molecule has 0 spiro atoms. The monoisotopic (exact) mass is 262 g/mol. The van der Waals surface area contributed by atoms with Crippen LogP contribution in [0.25, 0.3) is 0 Å². The van der Waals surface area contributed by atoms with Crippen molar-refractivity contribution in [3.05, 3.63) is 35.9 Å². The van der Waals surface area contributed by atoms with Crippen LogP contribution in [0.5, 0.6) is 0 Å². The average Bonchev–Trinajstić information content (AvgIpc) is 2.33. The van der Waals surface area contributed by atoms with E-state index in [0.29, 0.717) is 6.42 Å². The van der Waals surface area contributed by atoms with Gasteiger partial charge in [0.05, 0.1) is 0 Å². The Bertz CT molecular complexity index is 458. The molecule has 0 bridgehead atoms. The maximum Gasteiger partial charge on any atom is 0.324 e. The van der Waals surface area contributed by atoms with Crippen molar-refractivity contribution in [2.24, 2.45) is 5.92 Å². The SMILES string of the molecule is CCC(c1ccccc1)C1C(=O)OC(C)(C)OC1=O. The first-order chi connectivity index (χ1) is 8.94. The number of ether oxygens (including phenoxy) is 2. The topological polar surface area (TPSA) is 52.6 Å². The molecule has 1 aliphatic rings. The fourth-order valence-corrected chi connectivity index (χ4v) is 2.42. The molecular formula is C15H18O4. The van der Waals surface area contributed by atoms with E-state index in [9.17, 15) is 9.59 Å². The number of hydrogen-bond donors (Lipinski definition) is 0. The molecule has 0 aromatic heterocycles. The van der Waals surface area contributed by atoms with E-state index >= 15 is 0 Å². The van der Waals surface area contributed by atoms with Crippen LogP contribution >= 0.6 is 0 Å². The van der Waals surface area contributed by atoms with Crippen molar-refractivity contribution >= 4 is 11.9 Å². The molecule has 1 fully saturated rings. The van der Waals surface area contributed by atoms with Crippen molar-refractivity contribution in [2.45, 2.75) is 38.9 Å². The summed E-state index contributed by atoms with van der Waals surface area (Å²) in [5, 5.41) is 0. The lowest BCUT2D eigenvalue weighted by molar-refractivity contribution is -0.241. The largest absolute Gasteiger partial charge is 0.422 e. The molecule has 1 unspecified atom stereocenters. The standard InChI is InChI=1S/C15H18O4/c1-4-11(10-8-6-5-7-9-10)12-13(16)18-15(2,3)19-14(12)17/h5-9,11-12H,4H2,1-3H3. The zero-order valence-corrected chi connectivity index (χ0v) is 11.4. The highest BCUT2D eigenvalue weighted by Crippen LogP contribution is 2.35. The maximum atomic E-state index is 12.1. The third-order valence-electron chi connectivity index (χ3n) is 3.27. The highest BCUT2D eigenvalue weighted by atomic mass is 16.7. The molecule has 4 nitrogen and oxygen atoms in total. The number of rotatable bonds is 3. The molecule has 1 saturated heterocycles. The van der Waals surface area contributed by atoms with E-state index in [4.69, 9.17) is 9.47 Å². The number of esters is 2. The molecule has 1 heterocycles. The van der Waals surface area contributed by atoms with E-state index in [1.807, 2.05) is 37.3 Å². The van der Waals surface area contributed by atoms with E-state index < -0.39 is 23.6 Å². The summed E-state index contributed by atoms with van der Waals surface area (Å²) < 4.78 is 10.4. The van der Waals surface area contributed by atoms with E-state index in [1.165, 1.54) is 0 Å². The Morgan fingerprint density at radius 3 is 2.11 bits per heavy atom. The van der Waals surface area contributed by atoms with Crippen LogP contribution in [0.1, 0.15) is 38.7 Å². The Morgan fingerprint density at radius 2 is 1.63 bits per heavy atom. The molecule has 0 N–H and O–H groups in total. The molecule has 0 radical (unpaired) electrons. The van der Waals surface area contributed by atoms with Crippen molar-refractivity contribution in [1.29, 1.82) is 0 Å². The Labute approximate surface area is 112 Å². The molecule has 1 aromatic rings. The third kappa shape index (κ3) is 2.78. The Hall–Kier alpha value is -1.84. The Morgan fingerprint density at radius 1 is 1.11 bits per heavy atom. The highest BCUT2D eigenvalue weighted by molar-refractivity contribution is 5.97. The predicted octanol–water partition coefficient (Wildman–Crippen LogP) is 2.63. The van der Waals surface area contributed by atoms with Crippen LogP contribution in [-0.4, -0.2) is 17.7 Å². The second-order valence-electron chi connectivity index (χ2n) is 5.15. The predicted molar refractivity (Wildman–Crippen MR) is 69.2 cm³/mol. The minimum absolute atomic E-state index is 0.211. The minimum Gasteiger partial charge on any atom is -0.422 e. The van der Waals surface area contributed by atoms with Gasteiger partial charge in [0.1, 0.15) is 0 Å². The summed E-state index contributed by atoms with van der Waals surface area (Å²) in [4.78, 5) is 24.1. The first-order valence-electron chi connectivity index (χ1n) is 6.45. The van der Waals surface area contributed by atoms with Crippen LogP contribution < -0.4 is 0 Å². The third-order valence-corrected chi connectivity index (χ3v) is 3.27. The number of hydrogen-bond acceptors (Lipinski definition) is 4. The van der Waals surface area contributed by atoms with Crippen LogP contribution in [0.3, 0.4) is 0 Å². The lowest BCUT2D eigenvalue weighted by Crippen LogP contribution is -2.48. The summed E-state index contributed by atoms with van der Waals surface area (Å²) in [5.74, 6) is -3.26. The number of benzene rings is 1. The number of carbonyl (C=O) groups excluding carboxylic acids is 2. The average molecular weight is 262 g/mol. The van der Waals surface area contributed by atoms with Crippen LogP contribution in [0.4, 0.5) is 0 Å². The van der Waals surface area contributed by atoms with Crippen molar-refractivity contribution in [3.63, 3.8) is 0 Å². The van der Waals surface area contributed by atoms with E-state index in [1.54, 1.807) is 13.8 Å². The van der Waals surface area contributed by atoms with E-state index in [0.717, 1.165) is 5.56 Å². The molecule has 102 valence electrons. The molecule has 4 heteroatoms. The van der Waals surface area contributed by atoms with Gasteiger partial charge in [-0.05, 0) is 12.0 Å². The molecule has 19 heavy (non-hydrogen) atoms. The van der Waals surface area contributed by atoms with Gasteiger partial charge in [0, 0.05) is 19.8 Å². The van der Waals surface area contributed by atoms with Gasteiger partial charge in [-0.1, -0.05) is 37.3 Å². The van der Waals surface area contributed by atoms with E-state index in [-0.39, 0.29) is 5.92 Å². The number of cyclic esters (lactones) is 2. The molecule has 2 rings (SSSR count). The first-order valence-corrected chi connectivity index (χ1v) is 6.45. The summed E-state index contributed by atoms with van der Waals surface area (Å²) in [5.41, 5.74) is 0.948. The first kappa shape index (κ1) is 13.6. The summed E-state index contributed by atoms with van der Waals surface area (Å²) in [6.07, 6.45) is 0.666. The maximum absolute atomic E-state index is 12.1. The summed E-state index contributed by atoms with van der Waals surface area (Å²) >= 11 is 0. The second-order valence-corrected chi connectivity index (χ2v) is 5.15. The van der Waals surface area contributed by atoms with Crippen LogP contribution in [0.15, 0.2) is 30.3 Å². The normalized spacial score (nSPS) is 20.6. The van der Waals surface area contributed by atoms with Crippen LogP contribution in [-0.2, 0) is 19.1 Å². The van der Waals surface area contributed by atoms with Gasteiger partial charge >= 0.3 is 11.9 Å². The van der Waals surface area contributed by atoms with Crippen LogP contribution in [0, 0.1) is 5.92 Å². The van der Waals surface area contributed by atoms with Gasteiger partial charge < -0.3 is 9.47 Å². The van der Waals surface area contributed by atoms with Gasteiger partial charge in [0.15, 0.2) is 5.92 Å². The minimum atomic E-state index is -1.17. The molecule has 0 saturated carbocycles. The van der Waals surface area contributed by atoms with Gasteiger partial charge in [-0.15, -0.1) is 0 Å². The van der Waals surface area contributed by atoms with Crippen molar-refractivity contribution in [2.75, 3.05) is 0 Å². The fourth-order valence-electron chi connectivity index (χ4n) is 2.42. The summed E-state index contributed by atoms with van der Waals surface area (Å²) in [7, 11) is 0. The fraction of sp³-hybridized carbons (Fsp3) is 0.467. The lowest BCUT2D eigenvalue weighted by Gasteiger charge is -2.35. The van der Waals surface area contributed by atoms with Gasteiger partial charge in [0.25, 0.3) is 5.79 Å². The summed E-state index contributed by atoms with van der Waals surface area (Å²) in [6, 6.07) is 9.50. The molecular weight excluding hydrogens is 244 g/mol. The zero-order chi connectivity index (χ0) is 14.0. The lowest BCUT2D eigenvalue weighted by atomic mass is 9.83. The molecule has 1 aromatic carbocycles. The van der Waals surface area contributed by atoms with Gasteiger partial charge in [-0.2, -0.15) is 0 Å². The highest BCUT2D eigenvalue weighted by Gasteiger charge is 2.46. The van der Waals surface area contributed by atoms with Crippen LogP contribution in [0.2, 0.25) is 0 Å². The summed E-state index contributed by atoms with van der Waals surface area (Å²) in [6.45, 7) is 5.06. The second kappa shape index (κ2) is 5.03. The van der Waals surface area contributed by atoms with Gasteiger partial charge in [0.2, 0.25) is 0 Å². The Kier molecular flexibility index (Phi) is 3.60. The quantitative estimate of drug-likeness (QED) is 0.620. The van der Waals surface area contributed by atoms with Gasteiger partial charge in [-0.3, -0.25) is 9.59 Å². The molecule has 0 aliphatic carbocycles. The van der Waals surface area contributed by atoms with E-state index in [2.05, 4.69) is 0 Å². The Balaban J connectivity index is 2.29. The zero-order valence-electron chi connectivity index (χ0n) is 11.4.